The van der Waals surface area contributed by atoms with Crippen molar-refractivity contribution in [1.29, 1.82) is 0 Å². The highest BCUT2D eigenvalue weighted by Gasteiger charge is 2.08. The molecule has 3 aromatic carbocycles. The van der Waals surface area contributed by atoms with E-state index in [0.29, 0.717) is 34.8 Å². The molecule has 30 heavy (non-hydrogen) atoms. The molecule has 0 atom stereocenters. The van der Waals surface area contributed by atoms with Crippen LogP contribution in [0.2, 0.25) is 5.02 Å². The van der Waals surface area contributed by atoms with Crippen LogP contribution in [0.4, 0.5) is 5.69 Å². The minimum Gasteiger partial charge on any atom is -0.490 e. The lowest BCUT2D eigenvalue weighted by atomic mass is 10.2. The number of para-hydroxylation sites is 1. The van der Waals surface area contributed by atoms with Crippen molar-refractivity contribution in [3.8, 4) is 11.5 Å². The first kappa shape index (κ1) is 21.6. The fraction of sp³-hybridized carbons (Fsp3) is 0.130. The molecule has 0 aliphatic heterocycles. The van der Waals surface area contributed by atoms with Gasteiger partial charge in [0.2, 0.25) is 5.11 Å². The Balaban J connectivity index is 1.60. The molecule has 0 saturated heterocycles. The van der Waals surface area contributed by atoms with Crippen molar-refractivity contribution in [2.45, 2.75) is 13.5 Å². The second-order valence-corrected chi connectivity index (χ2v) is 7.14. The van der Waals surface area contributed by atoms with Crippen molar-refractivity contribution in [3.05, 3.63) is 88.9 Å². The molecule has 0 fully saturated rings. The summed E-state index contributed by atoms with van der Waals surface area (Å²) in [4.78, 5) is 0. The predicted molar refractivity (Wildman–Crippen MR) is 125 cm³/mol. The quantitative estimate of drug-likeness (QED) is 0.283. The first-order chi connectivity index (χ1) is 14.6. The molecule has 0 unspecified atom stereocenters. The van der Waals surface area contributed by atoms with Gasteiger partial charge in [0.1, 0.15) is 6.61 Å². The highest BCUT2D eigenvalue weighted by atomic mass is 35.5. The Morgan fingerprint density at radius 1 is 1.00 bits per heavy atom. The van der Waals surface area contributed by atoms with E-state index in [1.807, 2.05) is 79.7 Å². The summed E-state index contributed by atoms with van der Waals surface area (Å²) in [6.45, 7) is 2.88. The normalized spacial score (nSPS) is 10.6. The Kier molecular flexibility index (Phi) is 8.06. The monoisotopic (exact) mass is 440 g/mol. The van der Waals surface area contributed by atoms with Crippen LogP contribution in [-0.2, 0) is 6.61 Å². The van der Waals surface area contributed by atoms with Gasteiger partial charge in [-0.3, -0.25) is 0 Å². The molecular weight excluding hydrogens is 418 g/mol. The minimum atomic E-state index is 0.406. The largest absolute Gasteiger partial charge is 0.490 e. The highest BCUT2D eigenvalue weighted by Crippen LogP contribution is 2.29. The summed E-state index contributed by atoms with van der Waals surface area (Å²) in [5.74, 6) is 1.34. The summed E-state index contributed by atoms with van der Waals surface area (Å²) in [7, 11) is 0. The van der Waals surface area contributed by atoms with E-state index in [2.05, 4.69) is 15.8 Å². The molecular formula is C23H23ClN3O2S+. The maximum Gasteiger partial charge on any atom is 0.228 e. The van der Waals surface area contributed by atoms with E-state index >= 15 is 0 Å². The Morgan fingerprint density at radius 2 is 1.83 bits per heavy atom. The summed E-state index contributed by atoms with van der Waals surface area (Å²) in [6.07, 6.45) is 1.79. The van der Waals surface area contributed by atoms with Gasteiger partial charge in [0, 0.05) is 16.3 Å². The van der Waals surface area contributed by atoms with Crippen LogP contribution >= 0.6 is 23.8 Å². The molecule has 3 N–H and O–H groups in total. The van der Waals surface area contributed by atoms with E-state index in [1.54, 1.807) is 6.21 Å². The van der Waals surface area contributed by atoms with Gasteiger partial charge >= 0.3 is 0 Å². The molecule has 7 heteroatoms. The molecule has 0 radical (unpaired) electrons. The van der Waals surface area contributed by atoms with Gasteiger partial charge in [-0.15, -0.1) is 10.5 Å². The van der Waals surface area contributed by atoms with Gasteiger partial charge in [-0.25, -0.2) is 0 Å². The predicted octanol–water partition coefficient (Wildman–Crippen LogP) is 3.72. The number of hydrazone groups is 1. The smallest absolute Gasteiger partial charge is 0.228 e. The SMILES string of the molecule is CCOc1cc(C=[NH+]NC(=S)Nc2ccccc2)ccc1OCc1cccc(Cl)c1. The van der Waals surface area contributed by atoms with E-state index in [4.69, 9.17) is 33.3 Å². The Morgan fingerprint density at radius 3 is 2.60 bits per heavy atom. The summed E-state index contributed by atoms with van der Waals surface area (Å²) < 4.78 is 11.7. The highest BCUT2D eigenvalue weighted by molar-refractivity contribution is 7.80. The van der Waals surface area contributed by atoms with Gasteiger partial charge in [-0.2, -0.15) is 0 Å². The average Bonchev–Trinajstić information content (AvgIpc) is 2.74. The second kappa shape index (κ2) is 11.2. The van der Waals surface area contributed by atoms with Gasteiger partial charge in [-0.05, 0) is 67.2 Å². The maximum absolute atomic E-state index is 6.03. The molecule has 5 nitrogen and oxygen atoms in total. The lowest BCUT2D eigenvalue weighted by Gasteiger charge is -2.12. The van der Waals surface area contributed by atoms with E-state index in [-0.39, 0.29) is 0 Å². The minimum absolute atomic E-state index is 0.406. The Labute approximate surface area is 186 Å². The lowest BCUT2D eigenvalue weighted by molar-refractivity contribution is -0.499. The number of hydrogen-bond acceptors (Lipinski definition) is 3. The number of halogens is 1. The van der Waals surface area contributed by atoms with Crippen LogP contribution in [-0.4, -0.2) is 17.9 Å². The standard InChI is InChI=1S/C23H22ClN3O2S/c1-2-28-22-14-17(15-25-27-23(30)26-20-9-4-3-5-10-20)11-12-21(22)29-16-18-7-6-8-19(24)13-18/h3-15H,2,16H2,1H3,(H2,26,27,30)/p+1. The van der Waals surface area contributed by atoms with Crippen molar-refractivity contribution < 1.29 is 14.6 Å². The summed E-state index contributed by atoms with van der Waals surface area (Å²) >= 11 is 11.3. The fourth-order valence-corrected chi connectivity index (χ4v) is 3.05. The number of hydrogen-bond donors (Lipinski definition) is 3. The van der Waals surface area contributed by atoms with Crippen LogP contribution in [0.5, 0.6) is 11.5 Å². The van der Waals surface area contributed by atoms with Gasteiger partial charge < -0.3 is 14.8 Å². The van der Waals surface area contributed by atoms with E-state index < -0.39 is 0 Å². The third kappa shape index (κ3) is 6.76. The van der Waals surface area contributed by atoms with Crippen LogP contribution in [0.3, 0.4) is 0 Å². The number of rotatable bonds is 8. The number of ether oxygens (including phenoxy) is 2. The first-order valence-electron chi connectivity index (χ1n) is 9.49. The second-order valence-electron chi connectivity index (χ2n) is 6.29. The third-order valence-corrected chi connectivity index (χ3v) is 4.45. The van der Waals surface area contributed by atoms with Crippen LogP contribution in [0.1, 0.15) is 18.1 Å². The van der Waals surface area contributed by atoms with Gasteiger partial charge in [0.25, 0.3) is 0 Å². The first-order valence-corrected chi connectivity index (χ1v) is 10.3. The molecule has 3 rings (SSSR count). The molecule has 0 amide bonds. The maximum atomic E-state index is 6.03. The van der Waals surface area contributed by atoms with Crippen LogP contribution < -0.4 is 25.3 Å². The Hall–Kier alpha value is -3.09. The number of nitrogens with one attached hydrogen (secondary N) is 3. The molecule has 154 valence electrons. The zero-order valence-corrected chi connectivity index (χ0v) is 18.1. The van der Waals surface area contributed by atoms with Crippen LogP contribution in [0.25, 0.3) is 0 Å². The fourth-order valence-electron chi connectivity index (χ4n) is 2.66. The summed E-state index contributed by atoms with van der Waals surface area (Å²) in [5, 5.41) is 7.22. The molecule has 3 aromatic rings. The van der Waals surface area contributed by atoms with E-state index in [9.17, 15) is 0 Å². The van der Waals surface area contributed by atoms with E-state index in [1.165, 1.54) is 0 Å². The van der Waals surface area contributed by atoms with Gasteiger partial charge in [0.15, 0.2) is 17.7 Å². The molecule has 0 heterocycles. The molecule has 0 aliphatic rings. The molecule has 0 spiro atoms. The summed E-state index contributed by atoms with van der Waals surface area (Å²) in [5.41, 5.74) is 5.74. The van der Waals surface area contributed by atoms with Crippen molar-refractivity contribution in [2.75, 3.05) is 11.9 Å². The number of thiocarbonyl (C=S) groups is 1. The number of hydrazine groups is 1. The zero-order chi connectivity index (χ0) is 21.2. The summed E-state index contributed by atoms with van der Waals surface area (Å²) in [6, 6.07) is 23.0. The number of anilines is 1. The molecule has 0 bridgehead atoms. The topological polar surface area (TPSA) is 56.5 Å². The van der Waals surface area contributed by atoms with Crippen molar-refractivity contribution in [1.82, 2.24) is 5.43 Å². The third-order valence-electron chi connectivity index (χ3n) is 4.01. The van der Waals surface area contributed by atoms with Gasteiger partial charge in [-0.1, -0.05) is 41.9 Å². The van der Waals surface area contributed by atoms with E-state index in [0.717, 1.165) is 16.8 Å². The average molecular weight is 441 g/mol. The van der Waals surface area contributed by atoms with Gasteiger partial charge in [0.05, 0.1) is 6.61 Å². The van der Waals surface area contributed by atoms with Crippen molar-refractivity contribution in [2.24, 2.45) is 0 Å². The zero-order valence-electron chi connectivity index (χ0n) is 16.5. The molecule has 0 aromatic heterocycles. The van der Waals surface area contributed by atoms with Crippen LogP contribution in [0.15, 0.2) is 72.8 Å². The number of benzene rings is 3. The molecule has 0 aliphatic carbocycles. The lowest BCUT2D eigenvalue weighted by Crippen LogP contribution is -2.82. The van der Waals surface area contributed by atoms with Crippen molar-refractivity contribution >= 4 is 40.8 Å². The van der Waals surface area contributed by atoms with Crippen LogP contribution in [0, 0.1) is 0 Å². The Bertz CT molecular complexity index is 1010. The van der Waals surface area contributed by atoms with Crippen molar-refractivity contribution in [3.63, 3.8) is 0 Å². The molecule has 0 saturated carbocycles.